The zero-order valence-corrected chi connectivity index (χ0v) is 18.4. The predicted molar refractivity (Wildman–Crippen MR) is 129 cm³/mol. The van der Waals surface area contributed by atoms with Gasteiger partial charge >= 0.3 is 0 Å². The SMILES string of the molecule is COc1cc(-c2ccc(O)cc2)c(OC)c(N)c1-c1ccc(OCc2ccccc2)c(O)c1. The molecule has 4 N–H and O–H groups in total. The van der Waals surface area contributed by atoms with Crippen molar-refractivity contribution < 1.29 is 24.4 Å². The molecule has 0 spiro atoms. The van der Waals surface area contributed by atoms with Crippen LogP contribution < -0.4 is 19.9 Å². The van der Waals surface area contributed by atoms with E-state index in [1.807, 2.05) is 42.5 Å². The summed E-state index contributed by atoms with van der Waals surface area (Å²) in [6, 6.07) is 23.4. The van der Waals surface area contributed by atoms with Gasteiger partial charge in [-0.25, -0.2) is 0 Å². The van der Waals surface area contributed by atoms with Gasteiger partial charge in [-0.15, -0.1) is 0 Å². The molecule has 6 heteroatoms. The van der Waals surface area contributed by atoms with E-state index in [1.165, 1.54) is 0 Å². The fourth-order valence-corrected chi connectivity index (χ4v) is 3.72. The van der Waals surface area contributed by atoms with Gasteiger partial charge in [-0.05, 0) is 47.0 Å². The average Bonchev–Trinajstić information content (AvgIpc) is 2.84. The van der Waals surface area contributed by atoms with E-state index in [0.717, 1.165) is 16.7 Å². The van der Waals surface area contributed by atoms with Crippen LogP contribution in [0.3, 0.4) is 0 Å². The first-order valence-corrected chi connectivity index (χ1v) is 10.4. The lowest BCUT2D eigenvalue weighted by Gasteiger charge is -2.19. The second-order valence-electron chi connectivity index (χ2n) is 7.45. The normalized spacial score (nSPS) is 10.6. The van der Waals surface area contributed by atoms with Gasteiger partial charge in [-0.3, -0.25) is 0 Å². The third-order valence-electron chi connectivity index (χ3n) is 5.37. The maximum absolute atomic E-state index is 10.6. The molecule has 0 atom stereocenters. The Morgan fingerprint density at radius 3 is 2.09 bits per heavy atom. The third kappa shape index (κ3) is 4.50. The molecule has 6 nitrogen and oxygen atoms in total. The van der Waals surface area contributed by atoms with Crippen molar-refractivity contribution in [2.75, 3.05) is 20.0 Å². The lowest BCUT2D eigenvalue weighted by atomic mass is 9.95. The van der Waals surface area contributed by atoms with Crippen LogP contribution in [0.1, 0.15) is 5.56 Å². The van der Waals surface area contributed by atoms with E-state index in [4.69, 9.17) is 19.9 Å². The number of nitrogen functional groups attached to an aromatic ring is 1. The van der Waals surface area contributed by atoms with Gasteiger partial charge in [0.25, 0.3) is 0 Å². The number of methoxy groups -OCH3 is 2. The van der Waals surface area contributed by atoms with Crippen LogP contribution in [0, 0.1) is 0 Å². The van der Waals surface area contributed by atoms with Crippen molar-refractivity contribution in [1.29, 1.82) is 0 Å². The van der Waals surface area contributed by atoms with Gasteiger partial charge in [-0.1, -0.05) is 48.5 Å². The fourth-order valence-electron chi connectivity index (χ4n) is 3.72. The number of phenolic OH excluding ortho intramolecular Hbond substituents is 2. The molecule has 168 valence electrons. The topological polar surface area (TPSA) is 94.2 Å². The van der Waals surface area contributed by atoms with Gasteiger partial charge in [0.05, 0.1) is 25.5 Å². The van der Waals surface area contributed by atoms with E-state index in [9.17, 15) is 10.2 Å². The molecular formula is C27H25NO5. The number of phenols is 2. The Kier molecular flexibility index (Phi) is 6.26. The molecule has 0 aliphatic heterocycles. The molecule has 0 saturated heterocycles. The second kappa shape index (κ2) is 9.44. The summed E-state index contributed by atoms with van der Waals surface area (Å²) in [7, 11) is 3.10. The van der Waals surface area contributed by atoms with Crippen molar-refractivity contribution in [3.63, 3.8) is 0 Å². The average molecular weight is 443 g/mol. The van der Waals surface area contributed by atoms with Gasteiger partial charge in [0, 0.05) is 5.56 Å². The summed E-state index contributed by atoms with van der Waals surface area (Å²) in [5.74, 6) is 1.52. The summed E-state index contributed by atoms with van der Waals surface area (Å²) in [5, 5.41) is 20.2. The Labute approximate surface area is 192 Å². The molecule has 0 amide bonds. The highest BCUT2D eigenvalue weighted by molar-refractivity contribution is 5.93. The zero-order valence-electron chi connectivity index (χ0n) is 18.4. The molecule has 0 radical (unpaired) electrons. The quantitative estimate of drug-likeness (QED) is 0.322. The largest absolute Gasteiger partial charge is 0.508 e. The molecule has 0 aliphatic carbocycles. The summed E-state index contributed by atoms with van der Waals surface area (Å²) in [6.45, 7) is 0.342. The zero-order chi connectivity index (χ0) is 23.4. The van der Waals surface area contributed by atoms with Crippen molar-refractivity contribution >= 4 is 5.69 Å². The van der Waals surface area contributed by atoms with Crippen molar-refractivity contribution in [2.45, 2.75) is 6.61 Å². The number of rotatable bonds is 7. The van der Waals surface area contributed by atoms with Crippen molar-refractivity contribution in [2.24, 2.45) is 0 Å². The van der Waals surface area contributed by atoms with E-state index in [1.54, 1.807) is 50.6 Å². The number of nitrogens with two attached hydrogens (primary N) is 1. The number of benzene rings is 4. The van der Waals surface area contributed by atoms with Crippen LogP contribution in [0.25, 0.3) is 22.3 Å². The molecular weight excluding hydrogens is 418 g/mol. The highest BCUT2D eigenvalue weighted by Gasteiger charge is 2.21. The monoisotopic (exact) mass is 443 g/mol. The van der Waals surface area contributed by atoms with Crippen molar-refractivity contribution in [3.8, 4) is 51.0 Å². The van der Waals surface area contributed by atoms with Crippen LogP contribution in [0.2, 0.25) is 0 Å². The maximum Gasteiger partial charge on any atom is 0.161 e. The van der Waals surface area contributed by atoms with E-state index in [-0.39, 0.29) is 11.5 Å². The van der Waals surface area contributed by atoms with E-state index < -0.39 is 0 Å². The Bertz CT molecular complexity index is 1250. The summed E-state index contributed by atoms with van der Waals surface area (Å²) >= 11 is 0. The Morgan fingerprint density at radius 1 is 0.758 bits per heavy atom. The summed E-state index contributed by atoms with van der Waals surface area (Å²) in [5.41, 5.74) is 10.7. The smallest absolute Gasteiger partial charge is 0.161 e. The van der Waals surface area contributed by atoms with Gasteiger partial charge in [0.2, 0.25) is 0 Å². The third-order valence-corrected chi connectivity index (χ3v) is 5.37. The standard InChI is InChI=1S/C27H25NO5/c1-31-24-15-21(18-8-11-20(29)12-9-18)27(32-2)26(28)25(24)19-10-13-23(22(30)14-19)33-16-17-6-4-3-5-7-17/h3-15,29-30H,16,28H2,1-2H3. The van der Waals surface area contributed by atoms with Crippen LogP contribution in [0.5, 0.6) is 28.7 Å². The Balaban J connectivity index is 1.72. The molecule has 4 rings (SSSR count). The van der Waals surface area contributed by atoms with E-state index >= 15 is 0 Å². The fraction of sp³-hybridized carbons (Fsp3) is 0.111. The number of anilines is 1. The van der Waals surface area contributed by atoms with Gasteiger partial charge < -0.3 is 30.2 Å². The summed E-state index contributed by atoms with van der Waals surface area (Å²) in [4.78, 5) is 0. The molecule has 4 aromatic carbocycles. The van der Waals surface area contributed by atoms with Crippen LogP contribution in [-0.4, -0.2) is 24.4 Å². The minimum Gasteiger partial charge on any atom is -0.508 e. The predicted octanol–water partition coefficient (Wildman–Crippen LogP) is 5.61. The first kappa shape index (κ1) is 21.9. The first-order valence-electron chi connectivity index (χ1n) is 10.4. The van der Waals surface area contributed by atoms with Crippen LogP contribution in [-0.2, 0) is 6.61 Å². The molecule has 4 aromatic rings. The lowest BCUT2D eigenvalue weighted by Crippen LogP contribution is -2.01. The maximum atomic E-state index is 10.6. The molecule has 0 aromatic heterocycles. The molecule has 0 fully saturated rings. The molecule has 0 saturated carbocycles. The van der Waals surface area contributed by atoms with E-state index in [0.29, 0.717) is 40.7 Å². The van der Waals surface area contributed by atoms with Gasteiger partial charge in [-0.2, -0.15) is 0 Å². The van der Waals surface area contributed by atoms with Crippen molar-refractivity contribution in [1.82, 2.24) is 0 Å². The van der Waals surface area contributed by atoms with E-state index in [2.05, 4.69) is 0 Å². The number of aromatic hydroxyl groups is 2. The van der Waals surface area contributed by atoms with Gasteiger partial charge in [0.15, 0.2) is 11.5 Å². The molecule has 0 aliphatic rings. The summed E-state index contributed by atoms with van der Waals surface area (Å²) < 4.78 is 17.1. The molecule has 0 bridgehead atoms. The van der Waals surface area contributed by atoms with Crippen molar-refractivity contribution in [3.05, 3.63) is 84.4 Å². The Hall–Kier alpha value is -4.32. The minimum atomic E-state index is -0.00791. The second-order valence-corrected chi connectivity index (χ2v) is 7.45. The lowest BCUT2D eigenvalue weighted by molar-refractivity contribution is 0.289. The highest BCUT2D eigenvalue weighted by atomic mass is 16.5. The summed E-state index contributed by atoms with van der Waals surface area (Å²) in [6.07, 6.45) is 0. The number of ether oxygens (including phenoxy) is 3. The first-order chi connectivity index (χ1) is 16.0. The molecule has 33 heavy (non-hydrogen) atoms. The number of hydrogen-bond acceptors (Lipinski definition) is 6. The Morgan fingerprint density at radius 2 is 1.45 bits per heavy atom. The minimum absolute atomic E-state index is 0.00791. The number of hydrogen-bond donors (Lipinski definition) is 3. The van der Waals surface area contributed by atoms with Crippen LogP contribution in [0.4, 0.5) is 5.69 Å². The molecule has 0 heterocycles. The van der Waals surface area contributed by atoms with Crippen LogP contribution >= 0.6 is 0 Å². The highest BCUT2D eigenvalue weighted by Crippen LogP contribution is 2.48. The van der Waals surface area contributed by atoms with Crippen LogP contribution in [0.15, 0.2) is 78.9 Å². The molecule has 0 unspecified atom stereocenters. The van der Waals surface area contributed by atoms with Gasteiger partial charge in [0.1, 0.15) is 23.9 Å².